The third-order valence-electron chi connectivity index (χ3n) is 2.46. The average Bonchev–Trinajstić information content (AvgIpc) is 2.33. The van der Waals surface area contributed by atoms with Crippen LogP contribution >= 0.6 is 11.6 Å². The van der Waals surface area contributed by atoms with E-state index >= 15 is 0 Å². The molecule has 0 fully saturated rings. The van der Waals surface area contributed by atoms with E-state index in [9.17, 15) is 18.8 Å². The number of hydrogen-bond donors (Lipinski definition) is 3. The molecule has 0 radical (unpaired) electrons. The van der Waals surface area contributed by atoms with Crippen molar-refractivity contribution in [3.63, 3.8) is 0 Å². The molecule has 0 aliphatic heterocycles. The zero-order valence-electron chi connectivity index (χ0n) is 10.2. The Labute approximate surface area is 118 Å². The van der Waals surface area contributed by atoms with Gasteiger partial charge in [-0.1, -0.05) is 11.6 Å². The SMILES string of the molecule is NC(=O)CC[C@H](NC(=O)c1ccc(F)cc1Cl)C(=O)O. The summed E-state index contributed by atoms with van der Waals surface area (Å²) in [7, 11) is 0. The van der Waals surface area contributed by atoms with Crippen molar-refractivity contribution < 1.29 is 23.9 Å². The molecule has 0 bridgehead atoms. The Bertz CT molecular complexity index is 550. The smallest absolute Gasteiger partial charge is 0.326 e. The quantitative estimate of drug-likeness (QED) is 0.726. The number of amides is 2. The lowest BCUT2D eigenvalue weighted by atomic mass is 10.1. The summed E-state index contributed by atoms with van der Waals surface area (Å²) in [6.45, 7) is 0. The van der Waals surface area contributed by atoms with Gasteiger partial charge in [-0.3, -0.25) is 9.59 Å². The maximum absolute atomic E-state index is 12.8. The van der Waals surface area contributed by atoms with Crippen LogP contribution in [0.2, 0.25) is 5.02 Å². The molecule has 4 N–H and O–H groups in total. The number of carboxylic acids is 1. The van der Waals surface area contributed by atoms with Gasteiger partial charge in [-0.2, -0.15) is 0 Å². The van der Waals surface area contributed by atoms with Gasteiger partial charge in [0.05, 0.1) is 10.6 Å². The number of halogens is 2. The van der Waals surface area contributed by atoms with Crippen molar-refractivity contribution in [2.24, 2.45) is 5.73 Å². The van der Waals surface area contributed by atoms with Crippen LogP contribution in [0.25, 0.3) is 0 Å². The summed E-state index contributed by atoms with van der Waals surface area (Å²) in [5, 5.41) is 11.0. The van der Waals surface area contributed by atoms with Crippen molar-refractivity contribution in [3.05, 3.63) is 34.6 Å². The van der Waals surface area contributed by atoms with Crippen LogP contribution in [0.3, 0.4) is 0 Å². The van der Waals surface area contributed by atoms with E-state index in [0.717, 1.165) is 18.2 Å². The lowest BCUT2D eigenvalue weighted by Crippen LogP contribution is -2.41. The molecule has 108 valence electrons. The molecule has 0 unspecified atom stereocenters. The number of nitrogens with one attached hydrogen (secondary N) is 1. The summed E-state index contributed by atoms with van der Waals surface area (Å²) in [6, 6.07) is 1.83. The molecule has 0 spiro atoms. The molecule has 1 atom stereocenters. The molecule has 0 aliphatic carbocycles. The van der Waals surface area contributed by atoms with E-state index in [1.807, 2.05) is 0 Å². The first-order valence-electron chi connectivity index (χ1n) is 5.58. The van der Waals surface area contributed by atoms with Gasteiger partial charge >= 0.3 is 5.97 Å². The van der Waals surface area contributed by atoms with Crippen LogP contribution in [0, 0.1) is 5.82 Å². The molecule has 0 heterocycles. The lowest BCUT2D eigenvalue weighted by Gasteiger charge is -2.14. The number of nitrogens with two attached hydrogens (primary N) is 1. The predicted molar refractivity (Wildman–Crippen MR) is 68.7 cm³/mol. The molecule has 1 aromatic carbocycles. The number of benzene rings is 1. The Kier molecular flexibility index (Phi) is 5.45. The van der Waals surface area contributed by atoms with Crippen LogP contribution in [0.1, 0.15) is 23.2 Å². The van der Waals surface area contributed by atoms with E-state index < -0.39 is 29.6 Å². The highest BCUT2D eigenvalue weighted by atomic mass is 35.5. The van der Waals surface area contributed by atoms with E-state index in [-0.39, 0.29) is 23.4 Å². The first-order chi connectivity index (χ1) is 9.31. The molecule has 8 heteroatoms. The second-order valence-electron chi connectivity index (χ2n) is 3.99. The summed E-state index contributed by atoms with van der Waals surface area (Å²) in [5.41, 5.74) is 4.86. The summed E-state index contributed by atoms with van der Waals surface area (Å²) >= 11 is 5.69. The van der Waals surface area contributed by atoms with Gasteiger partial charge in [-0.15, -0.1) is 0 Å². The van der Waals surface area contributed by atoms with Crippen molar-refractivity contribution in [1.29, 1.82) is 0 Å². The molecule has 1 aromatic rings. The van der Waals surface area contributed by atoms with Gasteiger partial charge in [0.15, 0.2) is 0 Å². The van der Waals surface area contributed by atoms with Crippen molar-refractivity contribution in [1.82, 2.24) is 5.32 Å². The third kappa shape index (κ3) is 4.51. The largest absolute Gasteiger partial charge is 0.480 e. The predicted octanol–water partition coefficient (Wildman–Crippen LogP) is 0.928. The molecule has 0 aliphatic rings. The van der Waals surface area contributed by atoms with Gasteiger partial charge in [-0.05, 0) is 24.6 Å². The maximum Gasteiger partial charge on any atom is 0.326 e. The van der Waals surface area contributed by atoms with Crippen LogP contribution in [-0.2, 0) is 9.59 Å². The molecular formula is C12H12ClFN2O4. The average molecular weight is 303 g/mol. The highest BCUT2D eigenvalue weighted by molar-refractivity contribution is 6.33. The minimum absolute atomic E-state index is 0.0570. The fourth-order valence-corrected chi connectivity index (χ4v) is 1.71. The van der Waals surface area contributed by atoms with Gasteiger partial charge < -0.3 is 16.2 Å². The zero-order chi connectivity index (χ0) is 15.3. The molecule has 2 amide bonds. The summed E-state index contributed by atoms with van der Waals surface area (Å²) in [4.78, 5) is 33.4. The monoisotopic (exact) mass is 302 g/mol. The lowest BCUT2D eigenvalue weighted by molar-refractivity contribution is -0.139. The number of carboxylic acid groups (broad SMARTS) is 1. The molecule has 0 saturated heterocycles. The first-order valence-corrected chi connectivity index (χ1v) is 5.96. The standard InChI is InChI=1S/C12H12ClFN2O4/c13-8-5-6(14)1-2-7(8)11(18)16-9(12(19)20)3-4-10(15)17/h1-2,5,9H,3-4H2,(H2,15,17)(H,16,18)(H,19,20)/t9-/m0/s1. The first kappa shape index (κ1) is 15.9. The van der Waals surface area contributed by atoms with Gasteiger partial charge in [0.1, 0.15) is 11.9 Å². The van der Waals surface area contributed by atoms with E-state index in [0.29, 0.717) is 0 Å². The number of rotatable bonds is 6. The number of carbonyl (C=O) groups is 3. The molecule has 1 rings (SSSR count). The van der Waals surface area contributed by atoms with Crippen molar-refractivity contribution >= 4 is 29.4 Å². The fourth-order valence-electron chi connectivity index (χ4n) is 1.45. The van der Waals surface area contributed by atoms with E-state index in [1.54, 1.807) is 0 Å². The van der Waals surface area contributed by atoms with Gasteiger partial charge in [0, 0.05) is 6.42 Å². The molecule has 0 saturated carbocycles. The van der Waals surface area contributed by atoms with Crippen LogP contribution in [0.4, 0.5) is 4.39 Å². The Morgan fingerprint density at radius 1 is 1.40 bits per heavy atom. The van der Waals surface area contributed by atoms with Gasteiger partial charge in [-0.25, -0.2) is 9.18 Å². The summed E-state index contributed by atoms with van der Waals surface area (Å²) in [6.07, 6.45) is -0.330. The van der Waals surface area contributed by atoms with E-state index in [1.165, 1.54) is 0 Å². The van der Waals surface area contributed by atoms with Crippen LogP contribution in [-0.4, -0.2) is 28.9 Å². The highest BCUT2D eigenvalue weighted by Gasteiger charge is 2.22. The van der Waals surface area contributed by atoms with Crippen molar-refractivity contribution in [2.75, 3.05) is 0 Å². The number of aliphatic carboxylic acids is 1. The van der Waals surface area contributed by atoms with Crippen molar-refractivity contribution in [2.45, 2.75) is 18.9 Å². The Morgan fingerprint density at radius 2 is 2.05 bits per heavy atom. The summed E-state index contributed by atoms with van der Waals surface area (Å²) < 4.78 is 12.8. The van der Waals surface area contributed by atoms with Gasteiger partial charge in [0.2, 0.25) is 5.91 Å². The minimum Gasteiger partial charge on any atom is -0.480 e. The second kappa shape index (κ2) is 6.85. The molecule has 20 heavy (non-hydrogen) atoms. The van der Waals surface area contributed by atoms with E-state index in [4.69, 9.17) is 22.4 Å². The number of carbonyl (C=O) groups excluding carboxylic acids is 2. The van der Waals surface area contributed by atoms with Crippen molar-refractivity contribution in [3.8, 4) is 0 Å². The fraction of sp³-hybridized carbons (Fsp3) is 0.250. The van der Waals surface area contributed by atoms with Crippen LogP contribution < -0.4 is 11.1 Å². The zero-order valence-corrected chi connectivity index (χ0v) is 11.0. The summed E-state index contributed by atoms with van der Waals surface area (Å²) in [5.74, 6) is -3.37. The number of primary amides is 1. The minimum atomic E-state index is -1.31. The molecular weight excluding hydrogens is 291 g/mol. The Morgan fingerprint density at radius 3 is 2.55 bits per heavy atom. The normalized spacial score (nSPS) is 11.7. The van der Waals surface area contributed by atoms with Crippen LogP contribution in [0.15, 0.2) is 18.2 Å². The molecule has 0 aromatic heterocycles. The maximum atomic E-state index is 12.8. The highest BCUT2D eigenvalue weighted by Crippen LogP contribution is 2.17. The number of hydrogen-bond acceptors (Lipinski definition) is 3. The molecule has 6 nitrogen and oxygen atoms in total. The van der Waals surface area contributed by atoms with Gasteiger partial charge in [0.25, 0.3) is 5.91 Å². The topological polar surface area (TPSA) is 109 Å². The Balaban J connectivity index is 2.80. The third-order valence-corrected chi connectivity index (χ3v) is 2.77. The second-order valence-corrected chi connectivity index (χ2v) is 4.40. The van der Waals surface area contributed by atoms with E-state index in [2.05, 4.69) is 5.32 Å². The van der Waals surface area contributed by atoms with Crippen LogP contribution in [0.5, 0.6) is 0 Å². The Hall–Kier alpha value is -2.15.